The molecule has 0 spiro atoms. The maximum atomic E-state index is 13.4. The molecule has 1 aromatic carbocycles. The Hall–Kier alpha value is -1.72. The second-order valence-electron chi connectivity index (χ2n) is 4.61. The van der Waals surface area contributed by atoms with E-state index in [9.17, 15) is 9.18 Å². The van der Waals surface area contributed by atoms with Crippen LogP contribution in [0.4, 0.5) is 4.39 Å². The molecule has 2 heterocycles. The molecule has 0 aliphatic carbocycles. The molecule has 4 nitrogen and oxygen atoms in total. The number of aromatic nitrogens is 1. The number of aryl methyl sites for hydroxylation is 1. The first-order valence-electron chi connectivity index (χ1n) is 6.18. The zero-order chi connectivity index (χ0) is 13.4. The zero-order valence-corrected chi connectivity index (χ0v) is 10.6. The lowest BCUT2D eigenvalue weighted by molar-refractivity contribution is -0.0522. The first kappa shape index (κ1) is 12.3. The lowest BCUT2D eigenvalue weighted by Gasteiger charge is -2.15. The number of fused-ring (bicyclic) bond motifs is 1. The van der Waals surface area contributed by atoms with Crippen molar-refractivity contribution in [3.05, 3.63) is 46.0 Å². The molecule has 0 amide bonds. The van der Waals surface area contributed by atoms with Crippen LogP contribution in [0.15, 0.2) is 29.1 Å². The van der Waals surface area contributed by atoms with Gasteiger partial charge in [0, 0.05) is 11.5 Å². The Labute approximate surface area is 109 Å². The summed E-state index contributed by atoms with van der Waals surface area (Å²) in [7, 11) is 0. The average Bonchev–Trinajstić information content (AvgIpc) is 2.87. The lowest BCUT2D eigenvalue weighted by Crippen LogP contribution is -2.27. The molecule has 3 rings (SSSR count). The Morgan fingerprint density at radius 1 is 1.32 bits per heavy atom. The van der Waals surface area contributed by atoms with Crippen LogP contribution in [0.5, 0.6) is 0 Å². The SMILES string of the molecule is Cc1cc(=O)n(CC2OCCO2)c2cc(F)ccc12. The van der Waals surface area contributed by atoms with Gasteiger partial charge in [0.1, 0.15) is 5.82 Å². The van der Waals surface area contributed by atoms with Crippen LogP contribution in [0.3, 0.4) is 0 Å². The topological polar surface area (TPSA) is 40.5 Å². The van der Waals surface area contributed by atoms with Crippen LogP contribution in [-0.4, -0.2) is 24.1 Å². The minimum Gasteiger partial charge on any atom is -0.348 e. The van der Waals surface area contributed by atoms with E-state index in [1.54, 1.807) is 12.1 Å². The van der Waals surface area contributed by atoms with E-state index in [0.717, 1.165) is 10.9 Å². The van der Waals surface area contributed by atoms with Gasteiger partial charge in [0.05, 0.1) is 25.3 Å². The van der Waals surface area contributed by atoms with E-state index in [4.69, 9.17) is 9.47 Å². The number of halogens is 1. The molecule has 19 heavy (non-hydrogen) atoms. The van der Waals surface area contributed by atoms with Crippen molar-refractivity contribution in [2.24, 2.45) is 0 Å². The smallest absolute Gasteiger partial charge is 0.251 e. The van der Waals surface area contributed by atoms with E-state index in [2.05, 4.69) is 0 Å². The van der Waals surface area contributed by atoms with E-state index in [0.29, 0.717) is 18.7 Å². The number of rotatable bonds is 2. The van der Waals surface area contributed by atoms with Crippen molar-refractivity contribution >= 4 is 10.9 Å². The summed E-state index contributed by atoms with van der Waals surface area (Å²) in [4.78, 5) is 12.1. The summed E-state index contributed by atoms with van der Waals surface area (Å²) in [6, 6.07) is 6.01. The van der Waals surface area contributed by atoms with Crippen LogP contribution in [0.2, 0.25) is 0 Å². The average molecular weight is 263 g/mol. The van der Waals surface area contributed by atoms with Crippen molar-refractivity contribution in [3.8, 4) is 0 Å². The van der Waals surface area contributed by atoms with Gasteiger partial charge in [0.15, 0.2) is 6.29 Å². The molecular formula is C14H14FNO3. The Bertz CT molecular complexity index is 674. The molecule has 2 aromatic rings. The van der Waals surface area contributed by atoms with Gasteiger partial charge in [-0.2, -0.15) is 0 Å². The third kappa shape index (κ3) is 2.27. The van der Waals surface area contributed by atoms with E-state index in [-0.39, 0.29) is 17.9 Å². The number of pyridine rings is 1. The van der Waals surface area contributed by atoms with Crippen molar-refractivity contribution < 1.29 is 13.9 Å². The standard InChI is InChI=1S/C14H14FNO3/c1-9-6-13(17)16(8-14-18-4-5-19-14)12-7-10(15)2-3-11(9)12/h2-3,6-7,14H,4-5,8H2,1H3. The van der Waals surface area contributed by atoms with Crippen molar-refractivity contribution in [2.75, 3.05) is 13.2 Å². The summed E-state index contributed by atoms with van der Waals surface area (Å²) >= 11 is 0. The van der Waals surface area contributed by atoms with Crippen LogP contribution < -0.4 is 5.56 Å². The Morgan fingerprint density at radius 3 is 2.79 bits per heavy atom. The molecule has 0 unspecified atom stereocenters. The number of hydrogen-bond acceptors (Lipinski definition) is 3. The summed E-state index contributed by atoms with van der Waals surface area (Å²) in [6.07, 6.45) is -0.438. The highest BCUT2D eigenvalue weighted by Gasteiger charge is 2.18. The molecule has 1 aromatic heterocycles. The molecule has 0 bridgehead atoms. The molecule has 0 saturated carbocycles. The first-order chi connectivity index (χ1) is 9.15. The van der Waals surface area contributed by atoms with Crippen molar-refractivity contribution in [1.82, 2.24) is 4.57 Å². The predicted octanol–water partition coefficient (Wildman–Crippen LogP) is 1.82. The van der Waals surface area contributed by atoms with Crippen molar-refractivity contribution in [3.63, 3.8) is 0 Å². The van der Waals surface area contributed by atoms with E-state index < -0.39 is 6.29 Å². The number of hydrogen-bond donors (Lipinski definition) is 0. The quantitative estimate of drug-likeness (QED) is 0.829. The molecule has 1 aliphatic rings. The molecule has 100 valence electrons. The van der Waals surface area contributed by atoms with Crippen LogP contribution in [-0.2, 0) is 16.0 Å². The summed E-state index contributed by atoms with van der Waals surface area (Å²) in [5, 5.41) is 0.860. The molecule has 1 saturated heterocycles. The lowest BCUT2D eigenvalue weighted by atomic mass is 10.1. The highest BCUT2D eigenvalue weighted by atomic mass is 19.1. The largest absolute Gasteiger partial charge is 0.348 e. The summed E-state index contributed by atoms with van der Waals surface area (Å²) in [5.41, 5.74) is 1.24. The second kappa shape index (κ2) is 4.75. The van der Waals surface area contributed by atoms with Gasteiger partial charge in [0.25, 0.3) is 5.56 Å². The monoisotopic (exact) mass is 263 g/mol. The third-order valence-electron chi connectivity index (χ3n) is 3.30. The molecular weight excluding hydrogens is 249 g/mol. The highest BCUT2D eigenvalue weighted by molar-refractivity contribution is 5.82. The molecule has 1 aliphatic heterocycles. The third-order valence-corrected chi connectivity index (χ3v) is 3.30. The molecule has 0 N–H and O–H groups in total. The maximum Gasteiger partial charge on any atom is 0.251 e. The summed E-state index contributed by atoms with van der Waals surface area (Å²) in [6.45, 7) is 3.17. The van der Waals surface area contributed by atoms with Crippen LogP contribution in [0.25, 0.3) is 10.9 Å². The van der Waals surface area contributed by atoms with Crippen LogP contribution in [0, 0.1) is 12.7 Å². The van der Waals surface area contributed by atoms with Gasteiger partial charge >= 0.3 is 0 Å². The maximum absolute atomic E-state index is 13.4. The van der Waals surface area contributed by atoms with Gasteiger partial charge in [-0.3, -0.25) is 4.79 Å². The van der Waals surface area contributed by atoms with Gasteiger partial charge in [-0.25, -0.2) is 4.39 Å². The van der Waals surface area contributed by atoms with E-state index >= 15 is 0 Å². The fourth-order valence-corrected chi connectivity index (χ4v) is 2.37. The Kier molecular flexibility index (Phi) is 3.08. The molecule has 1 fully saturated rings. The van der Waals surface area contributed by atoms with E-state index in [1.807, 2.05) is 6.92 Å². The van der Waals surface area contributed by atoms with Gasteiger partial charge in [-0.15, -0.1) is 0 Å². The van der Waals surface area contributed by atoms with Crippen molar-refractivity contribution in [2.45, 2.75) is 19.8 Å². The number of ether oxygens (including phenoxy) is 2. The number of nitrogens with zero attached hydrogens (tertiary/aromatic N) is 1. The zero-order valence-electron chi connectivity index (χ0n) is 10.6. The van der Waals surface area contributed by atoms with Gasteiger partial charge in [0.2, 0.25) is 0 Å². The van der Waals surface area contributed by atoms with Gasteiger partial charge in [-0.05, 0) is 30.7 Å². The van der Waals surface area contributed by atoms with Crippen LogP contribution in [0.1, 0.15) is 5.56 Å². The van der Waals surface area contributed by atoms with Crippen molar-refractivity contribution in [1.29, 1.82) is 0 Å². The molecule has 5 heteroatoms. The fourth-order valence-electron chi connectivity index (χ4n) is 2.37. The Balaban J connectivity index is 2.15. The number of benzene rings is 1. The van der Waals surface area contributed by atoms with Gasteiger partial charge in [-0.1, -0.05) is 0 Å². The predicted molar refractivity (Wildman–Crippen MR) is 68.6 cm³/mol. The minimum absolute atomic E-state index is 0.172. The summed E-state index contributed by atoms with van der Waals surface area (Å²) in [5.74, 6) is -0.362. The second-order valence-corrected chi connectivity index (χ2v) is 4.61. The van der Waals surface area contributed by atoms with E-state index in [1.165, 1.54) is 16.7 Å². The normalized spacial score (nSPS) is 16.3. The first-order valence-corrected chi connectivity index (χ1v) is 6.18. The molecule has 0 atom stereocenters. The van der Waals surface area contributed by atoms with Crippen LogP contribution >= 0.6 is 0 Å². The summed E-state index contributed by atoms with van der Waals surface area (Å²) < 4.78 is 25.6. The highest BCUT2D eigenvalue weighted by Crippen LogP contribution is 2.19. The fraction of sp³-hybridized carbons (Fsp3) is 0.357. The minimum atomic E-state index is -0.438. The molecule has 0 radical (unpaired) electrons. The van der Waals surface area contributed by atoms with Gasteiger partial charge < -0.3 is 14.0 Å². The Morgan fingerprint density at radius 2 is 2.05 bits per heavy atom.